The van der Waals surface area contributed by atoms with Crippen molar-refractivity contribution in [2.75, 3.05) is 6.61 Å². The van der Waals surface area contributed by atoms with Gasteiger partial charge in [0.25, 0.3) is 10.0 Å². The first kappa shape index (κ1) is 34.0. The molecule has 1 N–H and O–H groups in total. The third-order valence-corrected chi connectivity index (χ3v) is 8.57. The Bertz CT molecular complexity index is 804. The standard InChI is InChI=1S/C32H58NO3S/c1-5-7-9-10-11-12-13-14-15-16-17-18-19-20-21-23-27-36-30-25-24-29(28-31(30)37(33,34)35)32(3,4)26-22-8-6-2/h24-25,28,33H,5-23,26-27H2,1-4H3. The van der Waals surface area contributed by atoms with Crippen LogP contribution in [-0.2, 0) is 15.4 Å². The monoisotopic (exact) mass is 536 g/mol. The molecule has 215 valence electrons. The summed E-state index contributed by atoms with van der Waals surface area (Å²) in [4.78, 5) is 0.00468. The lowest BCUT2D eigenvalue weighted by Gasteiger charge is -2.26. The molecule has 37 heavy (non-hydrogen) atoms. The van der Waals surface area contributed by atoms with E-state index in [1.165, 1.54) is 96.3 Å². The lowest BCUT2D eigenvalue weighted by atomic mass is 9.80. The molecule has 0 atom stereocenters. The van der Waals surface area contributed by atoms with Gasteiger partial charge in [0.05, 0.1) is 6.61 Å². The molecule has 1 rings (SSSR count). The van der Waals surface area contributed by atoms with Gasteiger partial charge in [0.2, 0.25) is 0 Å². The van der Waals surface area contributed by atoms with Crippen LogP contribution in [0.15, 0.2) is 23.1 Å². The second-order valence-corrected chi connectivity index (χ2v) is 13.1. The Kier molecular flexibility index (Phi) is 18.3. The highest BCUT2D eigenvalue weighted by Crippen LogP contribution is 2.34. The molecule has 0 unspecified atom stereocenters. The summed E-state index contributed by atoms with van der Waals surface area (Å²) in [6.07, 6.45) is 25.6. The van der Waals surface area contributed by atoms with E-state index in [0.717, 1.165) is 37.7 Å². The van der Waals surface area contributed by atoms with E-state index in [2.05, 4.69) is 27.7 Å². The number of hydrogen-bond donors (Lipinski definition) is 0. The highest BCUT2D eigenvalue weighted by molar-refractivity contribution is 7.89. The summed E-state index contributed by atoms with van der Waals surface area (Å²) >= 11 is 0. The van der Waals surface area contributed by atoms with E-state index in [1.807, 2.05) is 6.07 Å². The molecule has 0 aromatic heterocycles. The van der Waals surface area contributed by atoms with Crippen LogP contribution in [-0.4, -0.2) is 15.0 Å². The van der Waals surface area contributed by atoms with Gasteiger partial charge in [-0.05, 0) is 36.0 Å². The van der Waals surface area contributed by atoms with Gasteiger partial charge in [-0.1, -0.05) is 149 Å². The van der Waals surface area contributed by atoms with Gasteiger partial charge >= 0.3 is 0 Å². The average Bonchev–Trinajstić information content (AvgIpc) is 2.85. The fraction of sp³-hybridized carbons (Fsp3) is 0.812. The molecule has 0 saturated heterocycles. The highest BCUT2D eigenvalue weighted by atomic mass is 32.2. The van der Waals surface area contributed by atoms with Gasteiger partial charge in [-0.15, -0.1) is 5.14 Å². The Morgan fingerprint density at radius 2 is 1.11 bits per heavy atom. The van der Waals surface area contributed by atoms with Gasteiger partial charge in [-0.3, -0.25) is 0 Å². The van der Waals surface area contributed by atoms with E-state index in [1.54, 1.807) is 12.1 Å². The molecule has 0 aliphatic heterocycles. The Morgan fingerprint density at radius 3 is 1.57 bits per heavy atom. The van der Waals surface area contributed by atoms with Crippen LogP contribution < -0.4 is 9.88 Å². The third-order valence-electron chi connectivity index (χ3n) is 7.68. The van der Waals surface area contributed by atoms with Crippen LogP contribution in [0.4, 0.5) is 0 Å². The Morgan fingerprint density at radius 1 is 0.676 bits per heavy atom. The summed E-state index contributed by atoms with van der Waals surface area (Å²) in [5.41, 5.74) is 0.838. The molecule has 1 aromatic rings. The summed E-state index contributed by atoms with van der Waals surface area (Å²) in [5, 5.41) is 7.68. The zero-order valence-corrected chi connectivity index (χ0v) is 25.5. The number of sulfonamides is 1. The minimum Gasteiger partial charge on any atom is -0.492 e. The van der Waals surface area contributed by atoms with Crippen LogP contribution in [0, 0.1) is 0 Å². The number of ether oxygens (including phenoxy) is 1. The van der Waals surface area contributed by atoms with Gasteiger partial charge in [0.1, 0.15) is 10.6 Å². The molecule has 1 radical (unpaired) electrons. The average molecular weight is 537 g/mol. The van der Waals surface area contributed by atoms with E-state index in [-0.39, 0.29) is 10.3 Å². The van der Waals surface area contributed by atoms with Crippen LogP contribution in [0.2, 0.25) is 0 Å². The van der Waals surface area contributed by atoms with Gasteiger partial charge in [-0.2, -0.15) is 0 Å². The molecule has 0 bridgehead atoms. The fourth-order valence-electron chi connectivity index (χ4n) is 5.05. The van der Waals surface area contributed by atoms with E-state index < -0.39 is 10.0 Å². The van der Waals surface area contributed by atoms with Gasteiger partial charge in [-0.25, -0.2) is 8.42 Å². The molecule has 0 amide bonds. The lowest BCUT2D eigenvalue weighted by Crippen LogP contribution is -2.18. The predicted molar refractivity (Wildman–Crippen MR) is 159 cm³/mol. The largest absolute Gasteiger partial charge is 0.492 e. The van der Waals surface area contributed by atoms with Crippen molar-refractivity contribution < 1.29 is 13.2 Å². The quantitative estimate of drug-likeness (QED) is 0.123. The number of nitrogens with one attached hydrogen (secondary N) is 1. The van der Waals surface area contributed by atoms with Gasteiger partial charge < -0.3 is 4.74 Å². The summed E-state index contributed by atoms with van der Waals surface area (Å²) in [6.45, 7) is 9.26. The lowest BCUT2D eigenvalue weighted by molar-refractivity contribution is 0.296. The van der Waals surface area contributed by atoms with Crippen molar-refractivity contribution in [2.24, 2.45) is 0 Å². The normalized spacial score (nSPS) is 12.2. The van der Waals surface area contributed by atoms with Gasteiger partial charge in [0, 0.05) is 0 Å². The van der Waals surface area contributed by atoms with Crippen molar-refractivity contribution in [3.63, 3.8) is 0 Å². The molecule has 1 aromatic carbocycles. The highest BCUT2D eigenvalue weighted by Gasteiger charge is 2.24. The minimum absolute atomic E-state index is 0.00468. The van der Waals surface area contributed by atoms with E-state index in [0.29, 0.717) is 12.4 Å². The molecule has 0 fully saturated rings. The summed E-state index contributed by atoms with van der Waals surface area (Å²) in [5.74, 6) is 0.323. The maximum atomic E-state index is 12.2. The molecule has 4 nitrogen and oxygen atoms in total. The molecule has 0 saturated carbocycles. The maximum absolute atomic E-state index is 12.2. The van der Waals surface area contributed by atoms with Crippen LogP contribution in [0.5, 0.6) is 5.75 Å². The number of benzene rings is 1. The topological polar surface area (TPSA) is 67.2 Å². The Hall–Kier alpha value is -1.07. The van der Waals surface area contributed by atoms with Crippen LogP contribution >= 0.6 is 0 Å². The molecule has 0 spiro atoms. The molecular formula is C32H58NO3S. The Balaban J connectivity index is 2.22. The minimum atomic E-state index is -4.09. The predicted octanol–water partition coefficient (Wildman–Crippen LogP) is 10.2. The molecule has 0 aliphatic carbocycles. The summed E-state index contributed by atoms with van der Waals surface area (Å²) in [7, 11) is -4.09. The third kappa shape index (κ3) is 15.8. The summed E-state index contributed by atoms with van der Waals surface area (Å²) < 4.78 is 30.2. The van der Waals surface area contributed by atoms with E-state index in [4.69, 9.17) is 9.88 Å². The number of unbranched alkanes of at least 4 members (excludes halogenated alkanes) is 17. The van der Waals surface area contributed by atoms with E-state index in [9.17, 15) is 8.42 Å². The van der Waals surface area contributed by atoms with Crippen molar-refractivity contribution >= 4 is 10.0 Å². The fourth-order valence-corrected chi connectivity index (χ4v) is 5.73. The summed E-state index contributed by atoms with van der Waals surface area (Å²) in [6, 6.07) is 5.39. The zero-order valence-electron chi connectivity index (χ0n) is 24.7. The van der Waals surface area contributed by atoms with Crippen molar-refractivity contribution in [1.82, 2.24) is 5.14 Å². The molecule has 0 heterocycles. The maximum Gasteiger partial charge on any atom is 0.257 e. The molecular weight excluding hydrogens is 478 g/mol. The van der Waals surface area contributed by atoms with Crippen LogP contribution in [0.25, 0.3) is 0 Å². The second-order valence-electron chi connectivity index (χ2n) is 11.7. The van der Waals surface area contributed by atoms with Crippen molar-refractivity contribution in [3.05, 3.63) is 23.8 Å². The van der Waals surface area contributed by atoms with Crippen molar-refractivity contribution in [2.45, 2.75) is 166 Å². The first-order valence-corrected chi connectivity index (χ1v) is 17.0. The van der Waals surface area contributed by atoms with Crippen LogP contribution in [0.3, 0.4) is 0 Å². The van der Waals surface area contributed by atoms with Crippen molar-refractivity contribution in [3.8, 4) is 5.75 Å². The first-order chi connectivity index (χ1) is 17.7. The SMILES string of the molecule is CCCCCCCCCCCCCCCCCCOc1ccc(C(C)(C)CCCCC)cc1S([NH])(=O)=O. The van der Waals surface area contributed by atoms with Crippen molar-refractivity contribution in [1.29, 1.82) is 0 Å². The second kappa shape index (κ2) is 19.9. The van der Waals surface area contributed by atoms with Crippen LogP contribution in [0.1, 0.15) is 162 Å². The molecule has 0 aliphatic rings. The number of rotatable bonds is 24. The Labute approximate surface area is 230 Å². The van der Waals surface area contributed by atoms with E-state index >= 15 is 0 Å². The zero-order chi connectivity index (χ0) is 27.4. The number of hydrogen-bond acceptors (Lipinski definition) is 3. The first-order valence-electron chi connectivity index (χ1n) is 15.5. The molecule has 5 heteroatoms. The smallest absolute Gasteiger partial charge is 0.257 e. The van der Waals surface area contributed by atoms with Gasteiger partial charge in [0.15, 0.2) is 0 Å².